The van der Waals surface area contributed by atoms with Crippen molar-refractivity contribution >= 4 is 37.9 Å². The van der Waals surface area contributed by atoms with Gasteiger partial charge in [0.15, 0.2) is 0 Å². The van der Waals surface area contributed by atoms with Crippen molar-refractivity contribution in [1.82, 2.24) is 0 Å². The van der Waals surface area contributed by atoms with Crippen LogP contribution in [-0.4, -0.2) is 10.7 Å². The van der Waals surface area contributed by atoms with Crippen molar-refractivity contribution in [3.8, 4) is 0 Å². The average molecular weight is 390 g/mol. The number of rotatable bonds is 6. The van der Waals surface area contributed by atoms with Gasteiger partial charge in [-0.15, -0.1) is 0 Å². The summed E-state index contributed by atoms with van der Waals surface area (Å²) in [5.41, 5.74) is 0.281. The summed E-state index contributed by atoms with van der Waals surface area (Å²) in [6, 6.07) is 8.06. The Kier molecular flexibility index (Phi) is 6.78. The molecule has 0 aliphatic carbocycles. The summed E-state index contributed by atoms with van der Waals surface area (Å²) < 4.78 is 1.90. The minimum Gasteiger partial charge on any atom is -0.385 e. The quantitative estimate of drug-likeness (QED) is 0.655. The van der Waals surface area contributed by atoms with Gasteiger partial charge in [-0.3, -0.25) is 0 Å². The molecule has 0 fully saturated rings. The first-order valence-electron chi connectivity index (χ1n) is 6.74. The van der Waals surface area contributed by atoms with Gasteiger partial charge >= 0.3 is 0 Å². The Bertz CT molecular complexity index is 417. The number of benzene rings is 1. The first-order valence-corrected chi connectivity index (χ1v) is 8.33. The van der Waals surface area contributed by atoms with Crippen LogP contribution in [0.1, 0.15) is 45.6 Å². The molecule has 1 aromatic rings. The smallest absolute Gasteiger partial charge is 0.0935 e. The van der Waals surface area contributed by atoms with Gasteiger partial charge in [-0.05, 0) is 43.0 Å². The van der Waals surface area contributed by atoms with Crippen LogP contribution in [0.5, 0.6) is 0 Å². The van der Waals surface area contributed by atoms with Gasteiger partial charge in [0.1, 0.15) is 0 Å². The van der Waals surface area contributed by atoms with E-state index in [1.807, 2.05) is 37.3 Å². The van der Waals surface area contributed by atoms with Crippen LogP contribution in [0.25, 0.3) is 6.08 Å². The first-order chi connectivity index (χ1) is 8.89. The molecular formula is C16H22Br2O. The van der Waals surface area contributed by atoms with Gasteiger partial charge in [-0.1, -0.05) is 70.7 Å². The van der Waals surface area contributed by atoms with Crippen molar-refractivity contribution in [2.45, 2.75) is 45.6 Å². The Morgan fingerprint density at radius 2 is 1.79 bits per heavy atom. The molecule has 0 aliphatic heterocycles. The summed E-state index contributed by atoms with van der Waals surface area (Å²) in [5, 5.41) is 10.6. The molecule has 0 radical (unpaired) electrons. The maximum absolute atomic E-state index is 10.6. The van der Waals surface area contributed by atoms with Crippen LogP contribution in [0, 0.1) is 5.92 Å². The zero-order chi connectivity index (χ0) is 14.5. The van der Waals surface area contributed by atoms with Crippen LogP contribution in [0.15, 0.2) is 33.2 Å². The highest BCUT2D eigenvalue weighted by Crippen LogP contribution is 2.33. The highest BCUT2D eigenvalue weighted by molar-refractivity contribution is 9.12. The fourth-order valence-electron chi connectivity index (χ4n) is 2.10. The minimum absolute atomic E-state index is 0.556. The van der Waals surface area contributed by atoms with Gasteiger partial charge < -0.3 is 5.11 Å². The number of halogens is 2. The van der Waals surface area contributed by atoms with Crippen molar-refractivity contribution in [3.05, 3.63) is 38.8 Å². The second-order valence-corrected chi connectivity index (χ2v) is 6.97. The van der Waals surface area contributed by atoms with Crippen molar-refractivity contribution < 1.29 is 5.11 Å². The van der Waals surface area contributed by atoms with E-state index >= 15 is 0 Å². The summed E-state index contributed by atoms with van der Waals surface area (Å²) in [4.78, 5) is 0. The number of aliphatic hydroxyl groups is 1. The largest absolute Gasteiger partial charge is 0.385 e. The molecule has 3 heteroatoms. The number of hydrogen-bond acceptors (Lipinski definition) is 1. The molecule has 1 nitrogen and oxygen atoms in total. The van der Waals surface area contributed by atoms with Crippen LogP contribution in [0.2, 0.25) is 0 Å². The van der Waals surface area contributed by atoms with Crippen molar-refractivity contribution in [2.75, 3.05) is 0 Å². The van der Waals surface area contributed by atoms with E-state index in [1.165, 1.54) is 0 Å². The lowest BCUT2D eigenvalue weighted by Gasteiger charge is -2.27. The molecule has 1 aromatic carbocycles. The normalized spacial score (nSPS) is 15.6. The van der Waals surface area contributed by atoms with E-state index in [4.69, 9.17) is 0 Å². The predicted molar refractivity (Wildman–Crippen MR) is 90.4 cm³/mol. The Morgan fingerprint density at radius 3 is 2.26 bits per heavy atom. The maximum Gasteiger partial charge on any atom is 0.0935 e. The minimum atomic E-state index is -0.802. The lowest BCUT2D eigenvalue weighted by Crippen LogP contribution is -2.27. The maximum atomic E-state index is 10.6. The van der Waals surface area contributed by atoms with Crippen LogP contribution in [-0.2, 0) is 0 Å². The van der Waals surface area contributed by atoms with Gasteiger partial charge in [-0.25, -0.2) is 0 Å². The molecule has 106 valence electrons. The average Bonchev–Trinajstić information content (AvgIpc) is 2.38. The molecule has 1 atom stereocenters. The molecule has 19 heavy (non-hydrogen) atoms. The van der Waals surface area contributed by atoms with E-state index in [9.17, 15) is 5.11 Å². The SMILES string of the molecule is CCC(CC)C[C@@](C)(O)/C(Br)=C/c1ccc(Br)cc1. The van der Waals surface area contributed by atoms with E-state index in [0.717, 1.165) is 33.8 Å². The molecule has 1 N–H and O–H groups in total. The van der Waals surface area contributed by atoms with E-state index < -0.39 is 5.60 Å². The van der Waals surface area contributed by atoms with Crippen molar-refractivity contribution in [1.29, 1.82) is 0 Å². The predicted octanol–water partition coefficient (Wildman–Crippen LogP) is 5.76. The third-order valence-electron chi connectivity index (χ3n) is 3.52. The summed E-state index contributed by atoms with van der Waals surface area (Å²) >= 11 is 6.96. The number of hydrogen-bond donors (Lipinski definition) is 1. The second kappa shape index (κ2) is 7.61. The molecule has 0 bridgehead atoms. The van der Waals surface area contributed by atoms with E-state index in [1.54, 1.807) is 0 Å². The van der Waals surface area contributed by atoms with Gasteiger partial charge in [0.25, 0.3) is 0 Å². The topological polar surface area (TPSA) is 20.2 Å². The monoisotopic (exact) mass is 388 g/mol. The highest BCUT2D eigenvalue weighted by atomic mass is 79.9. The fourth-order valence-corrected chi connectivity index (χ4v) is 2.79. The van der Waals surface area contributed by atoms with Crippen LogP contribution in [0.4, 0.5) is 0 Å². The van der Waals surface area contributed by atoms with Crippen LogP contribution >= 0.6 is 31.9 Å². The molecule has 0 heterocycles. The van der Waals surface area contributed by atoms with Crippen molar-refractivity contribution in [2.24, 2.45) is 5.92 Å². The molecule has 0 amide bonds. The third kappa shape index (κ3) is 5.41. The first kappa shape index (κ1) is 16.9. The molecule has 0 aromatic heterocycles. The van der Waals surface area contributed by atoms with E-state index in [0.29, 0.717) is 5.92 Å². The standard InChI is InChI=1S/C16H22Br2O/c1-4-12(5-2)11-16(3,19)15(18)10-13-6-8-14(17)9-7-13/h6-10,12,19H,4-5,11H2,1-3H3/b15-10-/t16-/m1/s1. The molecule has 0 aliphatic rings. The van der Waals surface area contributed by atoms with E-state index in [-0.39, 0.29) is 0 Å². The molecule has 0 spiro atoms. The molecule has 0 saturated heterocycles. The fraction of sp³-hybridized carbons (Fsp3) is 0.500. The molecule has 0 unspecified atom stereocenters. The van der Waals surface area contributed by atoms with E-state index in [2.05, 4.69) is 45.7 Å². The zero-order valence-electron chi connectivity index (χ0n) is 11.8. The molecule has 1 rings (SSSR count). The zero-order valence-corrected chi connectivity index (χ0v) is 15.0. The Morgan fingerprint density at radius 1 is 1.26 bits per heavy atom. The van der Waals surface area contributed by atoms with Crippen LogP contribution < -0.4 is 0 Å². The summed E-state index contributed by atoms with van der Waals surface area (Å²) in [7, 11) is 0. The lowest BCUT2D eigenvalue weighted by molar-refractivity contribution is 0.0779. The Labute approximate surface area is 133 Å². The Hall–Kier alpha value is -0.120. The van der Waals surface area contributed by atoms with Gasteiger partial charge in [-0.2, -0.15) is 0 Å². The summed E-state index contributed by atoms with van der Waals surface area (Å²) in [5.74, 6) is 0.556. The summed E-state index contributed by atoms with van der Waals surface area (Å²) in [6.07, 6.45) is 4.98. The molecular weight excluding hydrogens is 368 g/mol. The van der Waals surface area contributed by atoms with Gasteiger partial charge in [0, 0.05) is 8.96 Å². The Balaban J connectivity index is 2.84. The highest BCUT2D eigenvalue weighted by Gasteiger charge is 2.27. The van der Waals surface area contributed by atoms with Crippen molar-refractivity contribution in [3.63, 3.8) is 0 Å². The van der Waals surface area contributed by atoms with Gasteiger partial charge in [0.2, 0.25) is 0 Å². The summed E-state index contributed by atoms with van der Waals surface area (Å²) in [6.45, 7) is 6.23. The third-order valence-corrected chi connectivity index (χ3v) is 5.13. The second-order valence-electron chi connectivity index (χ2n) is 5.20. The lowest BCUT2D eigenvalue weighted by atomic mass is 9.88. The van der Waals surface area contributed by atoms with Gasteiger partial charge in [0.05, 0.1) is 5.60 Å². The molecule has 0 saturated carbocycles. The van der Waals surface area contributed by atoms with Crippen LogP contribution in [0.3, 0.4) is 0 Å².